The van der Waals surface area contributed by atoms with Crippen molar-refractivity contribution in [2.45, 2.75) is 13.5 Å². The standard InChI is InChI=1S/C10H12BrN3/c1-7-9-4-3-8(11)6-14(9)10(13-7)5-12-2/h3-4,6,12H,5H2,1-2H3. The quantitative estimate of drug-likeness (QED) is 0.889. The summed E-state index contributed by atoms with van der Waals surface area (Å²) < 4.78 is 3.18. The minimum atomic E-state index is 0.783. The first-order chi connectivity index (χ1) is 6.72. The summed E-state index contributed by atoms with van der Waals surface area (Å²) in [4.78, 5) is 4.50. The average molecular weight is 254 g/mol. The predicted octanol–water partition coefficient (Wildman–Crippen LogP) is 2.12. The highest BCUT2D eigenvalue weighted by atomic mass is 79.9. The van der Waals surface area contributed by atoms with E-state index in [0.29, 0.717) is 0 Å². The van der Waals surface area contributed by atoms with Crippen molar-refractivity contribution < 1.29 is 0 Å². The highest BCUT2D eigenvalue weighted by Crippen LogP contribution is 2.16. The van der Waals surface area contributed by atoms with E-state index in [1.807, 2.05) is 26.2 Å². The number of nitrogens with one attached hydrogen (secondary N) is 1. The van der Waals surface area contributed by atoms with Gasteiger partial charge in [0.25, 0.3) is 0 Å². The molecule has 0 radical (unpaired) electrons. The van der Waals surface area contributed by atoms with E-state index in [0.717, 1.165) is 22.5 Å². The van der Waals surface area contributed by atoms with E-state index in [1.165, 1.54) is 5.52 Å². The molecule has 4 heteroatoms. The summed E-state index contributed by atoms with van der Waals surface area (Å²) in [6, 6.07) is 4.11. The largest absolute Gasteiger partial charge is 0.313 e. The fourth-order valence-corrected chi connectivity index (χ4v) is 1.91. The molecule has 0 aliphatic carbocycles. The van der Waals surface area contributed by atoms with E-state index >= 15 is 0 Å². The van der Waals surface area contributed by atoms with Crippen LogP contribution in [0.3, 0.4) is 0 Å². The Balaban J connectivity index is 2.66. The number of aryl methyl sites for hydroxylation is 1. The third-order valence-corrected chi connectivity index (χ3v) is 2.66. The lowest BCUT2D eigenvalue weighted by molar-refractivity contribution is 0.753. The predicted molar refractivity (Wildman–Crippen MR) is 60.4 cm³/mol. The summed E-state index contributed by atoms with van der Waals surface area (Å²) in [7, 11) is 1.92. The molecule has 74 valence electrons. The second-order valence-electron chi connectivity index (χ2n) is 3.25. The molecule has 3 nitrogen and oxygen atoms in total. The van der Waals surface area contributed by atoms with Crippen molar-refractivity contribution in [3.8, 4) is 0 Å². The van der Waals surface area contributed by atoms with E-state index in [4.69, 9.17) is 0 Å². The SMILES string of the molecule is CNCc1nc(C)c2ccc(Br)cn12. The summed E-state index contributed by atoms with van der Waals surface area (Å²) >= 11 is 3.46. The highest BCUT2D eigenvalue weighted by Gasteiger charge is 2.06. The molecule has 0 fully saturated rings. The fourth-order valence-electron chi connectivity index (χ4n) is 1.57. The zero-order chi connectivity index (χ0) is 10.1. The minimum Gasteiger partial charge on any atom is -0.313 e. The lowest BCUT2D eigenvalue weighted by atomic mass is 10.3. The number of rotatable bonds is 2. The van der Waals surface area contributed by atoms with Crippen molar-refractivity contribution >= 4 is 21.4 Å². The van der Waals surface area contributed by atoms with Crippen LogP contribution in [-0.4, -0.2) is 16.4 Å². The van der Waals surface area contributed by atoms with E-state index < -0.39 is 0 Å². The molecule has 14 heavy (non-hydrogen) atoms. The lowest BCUT2D eigenvalue weighted by Gasteiger charge is -2.00. The smallest absolute Gasteiger partial charge is 0.127 e. The monoisotopic (exact) mass is 253 g/mol. The van der Waals surface area contributed by atoms with Crippen LogP contribution in [0.1, 0.15) is 11.5 Å². The highest BCUT2D eigenvalue weighted by molar-refractivity contribution is 9.10. The number of hydrogen-bond acceptors (Lipinski definition) is 2. The van der Waals surface area contributed by atoms with Crippen LogP contribution < -0.4 is 5.32 Å². The Kier molecular flexibility index (Phi) is 2.56. The van der Waals surface area contributed by atoms with Crippen molar-refractivity contribution in [3.05, 3.63) is 34.3 Å². The second-order valence-corrected chi connectivity index (χ2v) is 4.16. The van der Waals surface area contributed by atoms with Crippen LogP contribution in [-0.2, 0) is 6.54 Å². The van der Waals surface area contributed by atoms with Gasteiger partial charge in [-0.2, -0.15) is 0 Å². The summed E-state index contributed by atoms with van der Waals surface area (Å²) in [6.45, 7) is 2.81. The first-order valence-corrected chi connectivity index (χ1v) is 5.29. The minimum absolute atomic E-state index is 0.783. The molecule has 0 atom stereocenters. The van der Waals surface area contributed by atoms with E-state index in [2.05, 4.69) is 36.7 Å². The Morgan fingerprint density at radius 1 is 1.50 bits per heavy atom. The van der Waals surface area contributed by atoms with Gasteiger partial charge < -0.3 is 9.72 Å². The molecule has 0 unspecified atom stereocenters. The summed E-state index contributed by atoms with van der Waals surface area (Å²) in [5.41, 5.74) is 2.24. The Bertz CT molecular complexity index is 462. The van der Waals surface area contributed by atoms with Gasteiger partial charge in [-0.3, -0.25) is 0 Å². The van der Waals surface area contributed by atoms with Crippen LogP contribution in [0.2, 0.25) is 0 Å². The number of hydrogen-bond donors (Lipinski definition) is 1. The number of imidazole rings is 1. The van der Waals surface area contributed by atoms with Gasteiger partial charge in [-0.25, -0.2) is 4.98 Å². The Labute approximate surface area is 91.3 Å². The Morgan fingerprint density at radius 2 is 2.29 bits per heavy atom. The van der Waals surface area contributed by atoms with Gasteiger partial charge in [0.05, 0.1) is 17.8 Å². The molecule has 1 N–H and O–H groups in total. The van der Waals surface area contributed by atoms with Gasteiger partial charge in [0.15, 0.2) is 0 Å². The molecule has 0 aliphatic rings. The number of pyridine rings is 1. The summed E-state index contributed by atoms with van der Waals surface area (Å²) in [5.74, 6) is 1.04. The van der Waals surface area contributed by atoms with Gasteiger partial charge >= 0.3 is 0 Å². The van der Waals surface area contributed by atoms with Crippen molar-refractivity contribution in [1.29, 1.82) is 0 Å². The third kappa shape index (κ3) is 1.55. The maximum atomic E-state index is 4.50. The third-order valence-electron chi connectivity index (χ3n) is 2.19. The maximum Gasteiger partial charge on any atom is 0.127 e. The van der Waals surface area contributed by atoms with Crippen molar-refractivity contribution in [2.24, 2.45) is 0 Å². The summed E-state index contributed by atoms with van der Waals surface area (Å²) in [5, 5.41) is 3.11. The number of halogens is 1. The molecule has 2 heterocycles. The Hall–Kier alpha value is -0.870. The van der Waals surface area contributed by atoms with Crippen molar-refractivity contribution in [2.75, 3.05) is 7.05 Å². The zero-order valence-corrected chi connectivity index (χ0v) is 9.80. The van der Waals surface area contributed by atoms with Gasteiger partial charge in [-0.05, 0) is 42.0 Å². The van der Waals surface area contributed by atoms with Gasteiger partial charge in [-0.15, -0.1) is 0 Å². The molecule has 2 aromatic heterocycles. The first-order valence-electron chi connectivity index (χ1n) is 4.50. The molecule has 2 rings (SSSR count). The molecule has 0 saturated heterocycles. The molecule has 0 amide bonds. The van der Waals surface area contributed by atoms with E-state index in [-0.39, 0.29) is 0 Å². The molecule has 0 saturated carbocycles. The van der Waals surface area contributed by atoms with Crippen LogP contribution in [0, 0.1) is 6.92 Å². The fraction of sp³-hybridized carbons (Fsp3) is 0.300. The summed E-state index contributed by atoms with van der Waals surface area (Å²) in [6.07, 6.45) is 2.04. The molecular weight excluding hydrogens is 242 g/mol. The molecular formula is C10H12BrN3. The Morgan fingerprint density at radius 3 is 3.00 bits per heavy atom. The van der Waals surface area contributed by atoms with Gasteiger partial charge in [0.1, 0.15) is 5.82 Å². The molecule has 0 bridgehead atoms. The van der Waals surface area contributed by atoms with Crippen molar-refractivity contribution in [3.63, 3.8) is 0 Å². The molecule has 0 aliphatic heterocycles. The van der Waals surface area contributed by atoms with Crippen LogP contribution in [0.25, 0.3) is 5.52 Å². The van der Waals surface area contributed by atoms with Crippen LogP contribution >= 0.6 is 15.9 Å². The maximum absolute atomic E-state index is 4.50. The first kappa shape index (κ1) is 9.68. The van der Waals surface area contributed by atoms with Crippen molar-refractivity contribution in [1.82, 2.24) is 14.7 Å². The van der Waals surface area contributed by atoms with Crippen LogP contribution in [0.4, 0.5) is 0 Å². The van der Waals surface area contributed by atoms with Crippen LogP contribution in [0.15, 0.2) is 22.8 Å². The number of aromatic nitrogens is 2. The number of fused-ring (bicyclic) bond motifs is 1. The van der Waals surface area contributed by atoms with E-state index in [1.54, 1.807) is 0 Å². The average Bonchev–Trinajstić information content (AvgIpc) is 2.44. The number of nitrogens with zero attached hydrogens (tertiary/aromatic N) is 2. The second kappa shape index (κ2) is 3.71. The van der Waals surface area contributed by atoms with Crippen LogP contribution in [0.5, 0.6) is 0 Å². The molecule has 0 aromatic carbocycles. The van der Waals surface area contributed by atoms with Gasteiger partial charge in [0, 0.05) is 10.7 Å². The van der Waals surface area contributed by atoms with E-state index in [9.17, 15) is 0 Å². The van der Waals surface area contributed by atoms with Gasteiger partial charge in [0.2, 0.25) is 0 Å². The molecule has 2 aromatic rings. The topological polar surface area (TPSA) is 29.3 Å². The molecule has 0 spiro atoms. The lowest BCUT2D eigenvalue weighted by Crippen LogP contribution is -2.08. The normalized spacial score (nSPS) is 11.1. The zero-order valence-electron chi connectivity index (χ0n) is 8.21. The van der Waals surface area contributed by atoms with Gasteiger partial charge in [-0.1, -0.05) is 0 Å².